The molecule has 0 atom stereocenters. The Morgan fingerprint density at radius 2 is 1.62 bits per heavy atom. The van der Waals surface area contributed by atoms with Crippen molar-refractivity contribution in [1.82, 2.24) is 10.6 Å². The molecule has 1 heterocycles. The van der Waals surface area contributed by atoms with Crippen molar-refractivity contribution in [2.75, 3.05) is 14.2 Å². The first-order chi connectivity index (χ1) is 15.1. The van der Waals surface area contributed by atoms with Gasteiger partial charge in [0, 0.05) is 5.56 Å². The molecular weight excluding hydrogens is 420 g/mol. The number of hydrogen-bond acceptors (Lipinski definition) is 4. The highest BCUT2D eigenvalue weighted by molar-refractivity contribution is 7.80. The summed E-state index contributed by atoms with van der Waals surface area (Å²) >= 11 is 5.05. The molecule has 5 nitrogen and oxygen atoms in total. The van der Waals surface area contributed by atoms with E-state index in [9.17, 15) is 4.79 Å². The normalized spacial score (nSPS) is 19.9. The second-order valence-electron chi connectivity index (χ2n) is 9.76. The molecule has 6 heteroatoms. The van der Waals surface area contributed by atoms with Gasteiger partial charge < -0.3 is 14.8 Å². The summed E-state index contributed by atoms with van der Waals surface area (Å²) in [5.74, 6) is 1.11. The van der Waals surface area contributed by atoms with Crippen molar-refractivity contribution >= 4 is 29.3 Å². The molecule has 0 spiro atoms. The fourth-order valence-electron chi connectivity index (χ4n) is 4.74. The van der Waals surface area contributed by atoms with E-state index in [2.05, 4.69) is 56.5 Å². The summed E-state index contributed by atoms with van der Waals surface area (Å²) in [4.78, 5) is 12.2. The van der Waals surface area contributed by atoms with Gasteiger partial charge in [-0.2, -0.15) is 0 Å². The smallest absolute Gasteiger partial charge is 0.273 e. The molecule has 0 aromatic heterocycles. The van der Waals surface area contributed by atoms with Gasteiger partial charge in [-0.3, -0.25) is 10.1 Å². The first-order valence-corrected chi connectivity index (χ1v) is 11.2. The Labute approximate surface area is 195 Å². The zero-order valence-corrected chi connectivity index (χ0v) is 20.3. The van der Waals surface area contributed by atoms with Crippen LogP contribution in [-0.2, 0) is 15.6 Å². The molecule has 168 valence electrons. The minimum Gasteiger partial charge on any atom is -0.496 e. The highest BCUT2D eigenvalue weighted by atomic mass is 32.1. The van der Waals surface area contributed by atoms with Crippen molar-refractivity contribution < 1.29 is 14.3 Å². The molecule has 2 aromatic rings. The first kappa shape index (κ1) is 22.3. The topological polar surface area (TPSA) is 59.6 Å². The predicted octanol–water partition coefficient (Wildman–Crippen LogP) is 5.07. The number of carbonyl (C=O) groups excluding carboxylic acids is 1. The lowest BCUT2D eigenvalue weighted by Crippen LogP contribution is -2.33. The summed E-state index contributed by atoms with van der Waals surface area (Å²) in [7, 11) is 3.30. The Hall–Kier alpha value is -2.86. The second kappa shape index (κ2) is 7.93. The van der Waals surface area contributed by atoms with Gasteiger partial charge in [0.15, 0.2) is 5.11 Å². The van der Waals surface area contributed by atoms with Gasteiger partial charge in [-0.15, -0.1) is 0 Å². The van der Waals surface area contributed by atoms with E-state index in [0.717, 1.165) is 28.9 Å². The second-order valence-corrected chi connectivity index (χ2v) is 10.2. The lowest BCUT2D eigenvalue weighted by Gasteiger charge is -2.42. The van der Waals surface area contributed by atoms with Crippen LogP contribution in [0.3, 0.4) is 0 Å². The molecule has 1 aliphatic carbocycles. The highest BCUT2D eigenvalue weighted by Crippen LogP contribution is 2.49. The lowest BCUT2D eigenvalue weighted by atomic mass is 9.63. The molecule has 32 heavy (non-hydrogen) atoms. The predicted molar refractivity (Wildman–Crippen MR) is 132 cm³/mol. The molecule has 4 rings (SSSR count). The minimum atomic E-state index is -0.257. The number of thiocarbonyl (C=S) groups is 1. The third-order valence-corrected chi connectivity index (χ3v) is 6.94. The number of ether oxygens (including phenoxy) is 2. The summed E-state index contributed by atoms with van der Waals surface area (Å²) in [6.07, 6.45) is 4.05. The van der Waals surface area contributed by atoms with E-state index in [1.165, 1.54) is 17.5 Å². The number of benzene rings is 2. The molecule has 1 saturated heterocycles. The minimum absolute atomic E-state index is 0.0858. The van der Waals surface area contributed by atoms with Gasteiger partial charge in [0.05, 0.1) is 19.8 Å². The number of fused-ring (bicyclic) bond motifs is 1. The van der Waals surface area contributed by atoms with Crippen molar-refractivity contribution in [3.05, 3.63) is 52.7 Å². The van der Waals surface area contributed by atoms with Crippen LogP contribution in [0.4, 0.5) is 0 Å². The van der Waals surface area contributed by atoms with E-state index >= 15 is 0 Å². The molecule has 0 unspecified atom stereocenters. The van der Waals surface area contributed by atoms with Crippen LogP contribution in [0, 0.1) is 0 Å². The number of nitrogens with one attached hydrogen (secondary N) is 2. The Morgan fingerprint density at radius 1 is 0.938 bits per heavy atom. The Kier molecular flexibility index (Phi) is 5.53. The summed E-state index contributed by atoms with van der Waals surface area (Å²) in [5.41, 5.74) is 6.04. The van der Waals surface area contributed by atoms with Crippen LogP contribution in [0.25, 0.3) is 17.2 Å². The zero-order valence-electron chi connectivity index (χ0n) is 19.5. The van der Waals surface area contributed by atoms with E-state index in [1.54, 1.807) is 20.3 Å². The maximum atomic E-state index is 12.2. The molecule has 2 aromatic carbocycles. The van der Waals surface area contributed by atoms with Crippen molar-refractivity contribution in [3.8, 4) is 22.6 Å². The molecule has 2 aliphatic rings. The summed E-state index contributed by atoms with van der Waals surface area (Å²) in [6, 6.07) is 10.5. The fraction of sp³-hybridized carbons (Fsp3) is 0.385. The summed E-state index contributed by atoms with van der Waals surface area (Å²) < 4.78 is 11.6. The van der Waals surface area contributed by atoms with Crippen LogP contribution in [0.2, 0.25) is 0 Å². The summed E-state index contributed by atoms with van der Waals surface area (Å²) in [5, 5.41) is 5.79. The monoisotopic (exact) mass is 450 g/mol. The van der Waals surface area contributed by atoms with Gasteiger partial charge in [0.25, 0.3) is 5.91 Å². The van der Waals surface area contributed by atoms with Gasteiger partial charge >= 0.3 is 0 Å². The molecule has 1 aliphatic heterocycles. The lowest BCUT2D eigenvalue weighted by molar-refractivity contribution is -0.115. The first-order valence-electron chi connectivity index (χ1n) is 10.8. The maximum Gasteiger partial charge on any atom is 0.273 e. The van der Waals surface area contributed by atoms with Gasteiger partial charge in [0.2, 0.25) is 0 Å². The third kappa shape index (κ3) is 3.77. The Morgan fingerprint density at radius 3 is 2.22 bits per heavy atom. The van der Waals surface area contributed by atoms with E-state index < -0.39 is 0 Å². The number of amides is 1. The number of rotatable bonds is 4. The molecule has 0 saturated carbocycles. The van der Waals surface area contributed by atoms with Crippen LogP contribution in [0.1, 0.15) is 57.2 Å². The Balaban J connectivity index is 1.91. The third-order valence-electron chi connectivity index (χ3n) is 6.74. The van der Waals surface area contributed by atoms with Crippen molar-refractivity contribution in [1.29, 1.82) is 0 Å². The number of carbonyl (C=O) groups is 1. The molecule has 0 radical (unpaired) electrons. The van der Waals surface area contributed by atoms with Gasteiger partial charge in [-0.1, -0.05) is 45.9 Å². The number of hydrogen-bond donors (Lipinski definition) is 2. The molecule has 0 bridgehead atoms. The van der Waals surface area contributed by atoms with Gasteiger partial charge in [0.1, 0.15) is 17.2 Å². The van der Waals surface area contributed by atoms with Crippen LogP contribution in [0.15, 0.2) is 36.0 Å². The Bertz CT molecular complexity index is 1150. The maximum absolute atomic E-state index is 12.2. The van der Waals surface area contributed by atoms with Gasteiger partial charge in [-0.25, -0.2) is 0 Å². The fourth-order valence-corrected chi connectivity index (χ4v) is 4.94. The molecule has 2 N–H and O–H groups in total. The highest BCUT2D eigenvalue weighted by Gasteiger charge is 2.37. The number of methoxy groups -OCH3 is 2. The molecule has 1 fully saturated rings. The largest absolute Gasteiger partial charge is 0.496 e. The van der Waals surface area contributed by atoms with E-state index in [-0.39, 0.29) is 16.7 Å². The van der Waals surface area contributed by atoms with Crippen LogP contribution in [0.5, 0.6) is 11.5 Å². The van der Waals surface area contributed by atoms with Crippen LogP contribution in [-0.4, -0.2) is 25.2 Å². The quantitative estimate of drug-likeness (QED) is 0.503. The van der Waals surface area contributed by atoms with Crippen LogP contribution < -0.4 is 20.1 Å². The zero-order chi connectivity index (χ0) is 23.3. The average Bonchev–Trinajstić information content (AvgIpc) is 3.07. The average molecular weight is 451 g/mol. The van der Waals surface area contributed by atoms with Crippen molar-refractivity contribution in [2.45, 2.75) is 51.4 Å². The SMILES string of the molecule is COc1ccc(C=C2NC(=S)NC2=O)c(OC)c1-c1ccc2c(c1)C(C)(C)CCC2(C)C. The summed E-state index contributed by atoms with van der Waals surface area (Å²) in [6.45, 7) is 9.26. The van der Waals surface area contributed by atoms with Crippen LogP contribution >= 0.6 is 12.2 Å². The van der Waals surface area contributed by atoms with E-state index in [0.29, 0.717) is 16.6 Å². The van der Waals surface area contributed by atoms with Crippen molar-refractivity contribution in [2.24, 2.45) is 0 Å². The van der Waals surface area contributed by atoms with Gasteiger partial charge in [-0.05, 0) is 70.8 Å². The van der Waals surface area contributed by atoms with E-state index in [4.69, 9.17) is 21.7 Å². The van der Waals surface area contributed by atoms with Crippen molar-refractivity contribution in [3.63, 3.8) is 0 Å². The van der Waals surface area contributed by atoms with E-state index in [1.807, 2.05) is 12.1 Å². The molecule has 1 amide bonds. The molecular formula is C26H30N2O3S. The standard InChI is InChI=1S/C26H30N2O3S/c1-25(2)11-12-26(3,4)18-13-15(7-9-17(18)25)21-20(30-5)10-8-16(22(21)31-6)14-19-23(29)28-24(32)27-19/h7-10,13-14H,11-12H2,1-6H3,(H2,27,28,29,32).